The second-order valence-electron chi connectivity index (χ2n) is 8.06. The number of hydrogen-bond acceptors (Lipinski definition) is 8. The molecule has 36 heavy (non-hydrogen) atoms. The van der Waals surface area contributed by atoms with Crippen molar-refractivity contribution in [3.05, 3.63) is 105 Å². The van der Waals surface area contributed by atoms with Crippen LogP contribution < -0.4 is 0 Å². The van der Waals surface area contributed by atoms with E-state index in [4.69, 9.17) is 4.74 Å². The Hall–Kier alpha value is -4.57. The average molecular weight is 498 g/mol. The highest BCUT2D eigenvalue weighted by molar-refractivity contribution is 7.99. The molecule has 2 aromatic carbocycles. The number of nitro benzene ring substituents is 1. The van der Waals surface area contributed by atoms with Crippen LogP contribution in [0.2, 0.25) is 0 Å². The van der Waals surface area contributed by atoms with Crippen LogP contribution >= 0.6 is 11.8 Å². The minimum absolute atomic E-state index is 0.102. The van der Waals surface area contributed by atoms with Gasteiger partial charge in [0.05, 0.1) is 15.4 Å². The quantitative estimate of drug-likeness (QED) is 0.154. The molecule has 0 aliphatic carbocycles. The Kier molecular flexibility index (Phi) is 6.17. The number of aromatic nitrogens is 4. The maximum Gasteiger partial charge on any atom is 0.343 e. The minimum Gasteiger partial charge on any atom is -0.422 e. The van der Waals surface area contributed by atoms with Gasteiger partial charge in [-0.2, -0.15) is 0 Å². The summed E-state index contributed by atoms with van der Waals surface area (Å²) in [6, 6.07) is 16.1. The van der Waals surface area contributed by atoms with Gasteiger partial charge in [-0.15, -0.1) is 10.2 Å². The SMILES string of the molecule is Cc1ccc(C2=C/C(=C\c3ccc(Sc4nnc(-c5cccnc5)n4C)c([N+](=O)[O-])c3)C(=O)O2)cc1. The molecule has 0 bridgehead atoms. The number of esters is 1. The van der Waals surface area contributed by atoms with E-state index in [2.05, 4.69) is 15.2 Å². The van der Waals surface area contributed by atoms with Crippen molar-refractivity contribution in [1.82, 2.24) is 19.7 Å². The van der Waals surface area contributed by atoms with Gasteiger partial charge in [0.1, 0.15) is 5.76 Å². The Bertz CT molecular complexity index is 1540. The predicted molar refractivity (Wildman–Crippen MR) is 135 cm³/mol. The average Bonchev–Trinajstić information content (AvgIpc) is 3.43. The number of benzene rings is 2. The summed E-state index contributed by atoms with van der Waals surface area (Å²) in [5.41, 5.74) is 3.39. The van der Waals surface area contributed by atoms with Crippen molar-refractivity contribution < 1.29 is 14.5 Å². The van der Waals surface area contributed by atoms with Crippen molar-refractivity contribution in [2.75, 3.05) is 0 Å². The molecule has 4 aromatic rings. The highest BCUT2D eigenvalue weighted by Gasteiger charge is 2.23. The Labute approximate surface area is 210 Å². The minimum atomic E-state index is -0.506. The second-order valence-corrected chi connectivity index (χ2v) is 9.07. The first-order chi connectivity index (χ1) is 17.4. The number of cyclic esters (lactones) is 1. The molecule has 5 rings (SSSR count). The first-order valence-corrected chi connectivity index (χ1v) is 11.7. The maximum absolute atomic E-state index is 12.4. The summed E-state index contributed by atoms with van der Waals surface area (Å²) in [6.07, 6.45) is 6.56. The summed E-state index contributed by atoms with van der Waals surface area (Å²) in [6.45, 7) is 1.98. The second kappa shape index (κ2) is 9.59. The van der Waals surface area contributed by atoms with Gasteiger partial charge in [0.25, 0.3) is 5.69 Å². The van der Waals surface area contributed by atoms with Crippen molar-refractivity contribution in [3.63, 3.8) is 0 Å². The molecule has 0 unspecified atom stereocenters. The third-order valence-electron chi connectivity index (χ3n) is 5.52. The third-order valence-corrected chi connectivity index (χ3v) is 6.62. The fourth-order valence-electron chi connectivity index (χ4n) is 3.63. The highest BCUT2D eigenvalue weighted by atomic mass is 32.2. The van der Waals surface area contributed by atoms with Crippen LogP contribution in [0.25, 0.3) is 23.2 Å². The summed E-state index contributed by atoms with van der Waals surface area (Å²) in [4.78, 5) is 28.3. The molecule has 9 nitrogen and oxygen atoms in total. The zero-order valence-electron chi connectivity index (χ0n) is 19.3. The van der Waals surface area contributed by atoms with Crippen molar-refractivity contribution in [3.8, 4) is 11.4 Å². The number of pyridine rings is 1. The lowest BCUT2D eigenvalue weighted by Crippen LogP contribution is -1.98. The molecule has 1 aliphatic rings. The van der Waals surface area contributed by atoms with Crippen molar-refractivity contribution in [1.29, 1.82) is 0 Å². The van der Waals surface area contributed by atoms with Gasteiger partial charge in [-0.25, -0.2) is 4.79 Å². The first kappa shape index (κ1) is 23.2. The summed E-state index contributed by atoms with van der Waals surface area (Å²) in [7, 11) is 1.79. The predicted octanol–water partition coefficient (Wildman–Crippen LogP) is 5.23. The normalized spacial score (nSPS) is 14.1. The number of carbonyl (C=O) groups is 1. The highest BCUT2D eigenvalue weighted by Crippen LogP contribution is 2.36. The van der Waals surface area contributed by atoms with Gasteiger partial charge in [-0.1, -0.05) is 35.9 Å². The zero-order chi connectivity index (χ0) is 25.2. The molecule has 1 aliphatic heterocycles. The van der Waals surface area contributed by atoms with E-state index in [0.29, 0.717) is 32.8 Å². The topological polar surface area (TPSA) is 113 Å². The molecule has 2 aromatic heterocycles. The molecular formula is C26H19N5O4S. The van der Waals surface area contributed by atoms with Crippen molar-refractivity contribution in [2.24, 2.45) is 7.05 Å². The molecule has 0 amide bonds. The van der Waals surface area contributed by atoms with Gasteiger partial charge in [-0.05, 0) is 54.6 Å². The van der Waals surface area contributed by atoms with Crippen LogP contribution in [0.3, 0.4) is 0 Å². The lowest BCUT2D eigenvalue weighted by molar-refractivity contribution is -0.387. The maximum atomic E-state index is 12.4. The zero-order valence-corrected chi connectivity index (χ0v) is 20.1. The standard InChI is InChI=1S/C26H19N5O4S/c1-16-5-8-18(9-6-16)22-14-20(25(32)35-22)12-17-7-10-23(21(13-17)31(33)34)36-26-29-28-24(30(26)2)19-4-3-11-27-15-19/h3-15H,1-2H3/b20-12+. The van der Waals surface area contributed by atoms with Gasteiger partial charge in [0, 0.05) is 36.6 Å². The monoisotopic (exact) mass is 497 g/mol. The molecule has 178 valence electrons. The van der Waals surface area contributed by atoms with Crippen molar-refractivity contribution in [2.45, 2.75) is 17.0 Å². The number of carbonyl (C=O) groups excluding carboxylic acids is 1. The molecule has 0 radical (unpaired) electrons. The molecule has 0 atom stereocenters. The Morgan fingerprint density at radius 1 is 1.08 bits per heavy atom. The first-order valence-electron chi connectivity index (χ1n) is 10.9. The fourth-order valence-corrected chi connectivity index (χ4v) is 4.51. The van der Waals surface area contributed by atoms with Gasteiger partial charge in [0.15, 0.2) is 11.0 Å². The van der Waals surface area contributed by atoms with E-state index in [9.17, 15) is 14.9 Å². The summed E-state index contributed by atoms with van der Waals surface area (Å²) in [5, 5.41) is 20.7. The number of ether oxygens (including phenoxy) is 1. The lowest BCUT2D eigenvalue weighted by atomic mass is 10.1. The molecule has 0 fully saturated rings. The van der Waals surface area contributed by atoms with Gasteiger partial charge in [0.2, 0.25) is 0 Å². The Balaban J connectivity index is 1.43. The Morgan fingerprint density at radius 3 is 2.61 bits per heavy atom. The number of rotatable bonds is 6. The van der Waals surface area contributed by atoms with Crippen LogP contribution in [-0.4, -0.2) is 30.6 Å². The number of nitrogens with zero attached hydrogens (tertiary/aromatic N) is 5. The number of hydrogen-bond donors (Lipinski definition) is 0. The molecule has 10 heteroatoms. The Morgan fingerprint density at radius 2 is 1.89 bits per heavy atom. The smallest absolute Gasteiger partial charge is 0.343 e. The summed E-state index contributed by atoms with van der Waals surface area (Å²) >= 11 is 1.14. The van der Waals surface area contributed by atoms with E-state index in [0.717, 1.165) is 28.5 Å². The van der Waals surface area contributed by atoms with E-state index < -0.39 is 10.9 Å². The molecule has 0 spiro atoms. The van der Waals surface area contributed by atoms with Crippen LogP contribution in [0.4, 0.5) is 5.69 Å². The van der Waals surface area contributed by atoms with Crippen LogP contribution in [-0.2, 0) is 16.6 Å². The number of nitro groups is 1. The molecule has 0 saturated heterocycles. The van der Waals surface area contributed by atoms with E-state index in [1.54, 1.807) is 54.4 Å². The molecular weight excluding hydrogens is 478 g/mol. The third kappa shape index (κ3) is 4.66. The van der Waals surface area contributed by atoms with Gasteiger partial charge in [-0.3, -0.25) is 15.1 Å². The van der Waals surface area contributed by atoms with E-state index in [-0.39, 0.29) is 5.69 Å². The van der Waals surface area contributed by atoms with Crippen LogP contribution in [0.5, 0.6) is 0 Å². The van der Waals surface area contributed by atoms with Crippen LogP contribution in [0.15, 0.2) is 88.7 Å². The van der Waals surface area contributed by atoms with Gasteiger partial charge >= 0.3 is 5.97 Å². The van der Waals surface area contributed by atoms with Crippen LogP contribution in [0.1, 0.15) is 16.7 Å². The molecule has 3 heterocycles. The fraction of sp³-hybridized carbons (Fsp3) is 0.0769. The summed E-state index contributed by atoms with van der Waals surface area (Å²) < 4.78 is 7.16. The molecule has 0 saturated carbocycles. The van der Waals surface area contributed by atoms with Crippen LogP contribution in [0, 0.1) is 17.0 Å². The number of aryl methyl sites for hydroxylation is 1. The largest absolute Gasteiger partial charge is 0.422 e. The van der Waals surface area contributed by atoms with Gasteiger partial charge < -0.3 is 9.30 Å². The summed E-state index contributed by atoms with van der Waals surface area (Å²) in [5.74, 6) is 0.541. The van der Waals surface area contributed by atoms with E-state index >= 15 is 0 Å². The van der Waals surface area contributed by atoms with E-state index in [1.807, 2.05) is 37.3 Å². The molecule has 0 N–H and O–H groups in total. The van der Waals surface area contributed by atoms with Crippen molar-refractivity contribution >= 4 is 35.3 Å². The lowest BCUT2D eigenvalue weighted by Gasteiger charge is -2.05. The van der Waals surface area contributed by atoms with E-state index in [1.165, 1.54) is 6.07 Å².